The molecular formula is C33H47F3N2O3Si. The predicted octanol–water partition coefficient (Wildman–Crippen LogP) is 8.78. The van der Waals surface area contributed by atoms with Crippen molar-refractivity contribution in [1.29, 1.82) is 0 Å². The molecule has 2 atom stereocenters. The van der Waals surface area contributed by atoms with Gasteiger partial charge in [-0.1, -0.05) is 47.1 Å². The third-order valence-corrected chi connectivity index (χ3v) is 15.0. The van der Waals surface area contributed by atoms with Gasteiger partial charge in [-0.2, -0.15) is 13.2 Å². The number of hydrogen-bond donors (Lipinski definition) is 0. The third-order valence-electron chi connectivity index (χ3n) is 10.5. The van der Waals surface area contributed by atoms with E-state index in [1.54, 1.807) is 0 Å². The minimum atomic E-state index is -4.31. The van der Waals surface area contributed by atoms with Crippen LogP contribution in [-0.4, -0.2) is 50.7 Å². The molecule has 0 bridgehead atoms. The Morgan fingerprint density at radius 3 is 2.38 bits per heavy atom. The highest BCUT2D eigenvalue weighted by atomic mass is 28.4. The van der Waals surface area contributed by atoms with Crippen LogP contribution < -0.4 is 0 Å². The fraction of sp³-hybridized carbons (Fsp3) is 0.727. The monoisotopic (exact) mass is 604 g/mol. The van der Waals surface area contributed by atoms with Gasteiger partial charge >= 0.3 is 6.18 Å². The maximum absolute atomic E-state index is 14.4. The molecule has 0 aromatic carbocycles. The van der Waals surface area contributed by atoms with Gasteiger partial charge in [0.25, 0.3) is 0 Å². The van der Waals surface area contributed by atoms with Crippen LogP contribution in [0, 0.1) is 11.3 Å². The molecule has 0 radical (unpaired) electrons. The van der Waals surface area contributed by atoms with Gasteiger partial charge in [0.15, 0.2) is 8.32 Å². The normalized spacial score (nSPS) is 24.6. The van der Waals surface area contributed by atoms with Crippen molar-refractivity contribution in [2.24, 2.45) is 16.3 Å². The van der Waals surface area contributed by atoms with E-state index in [4.69, 9.17) is 14.1 Å². The molecule has 0 saturated heterocycles. The van der Waals surface area contributed by atoms with Gasteiger partial charge in [-0.3, -0.25) is 14.8 Å². The minimum Gasteiger partial charge on any atom is -0.410 e. The lowest BCUT2D eigenvalue weighted by Crippen LogP contribution is -2.46. The molecule has 4 aliphatic rings. The van der Waals surface area contributed by atoms with E-state index >= 15 is 0 Å². The number of fused-ring (bicyclic) bond motifs is 1. The highest BCUT2D eigenvalue weighted by Crippen LogP contribution is 2.57. The molecule has 3 heterocycles. The Morgan fingerprint density at radius 2 is 1.88 bits per heavy atom. The van der Waals surface area contributed by atoms with Crippen molar-refractivity contribution in [3.05, 3.63) is 34.2 Å². The van der Waals surface area contributed by atoms with Gasteiger partial charge < -0.3 is 9.16 Å². The summed E-state index contributed by atoms with van der Waals surface area (Å²) in [6.07, 6.45) is 3.46. The summed E-state index contributed by atoms with van der Waals surface area (Å²) in [6, 6.07) is 0. The molecular weight excluding hydrogens is 557 g/mol. The van der Waals surface area contributed by atoms with Crippen LogP contribution in [0.1, 0.15) is 124 Å². The summed E-state index contributed by atoms with van der Waals surface area (Å²) in [5.74, 6) is -1.81. The second kappa shape index (κ2) is 11.3. The van der Waals surface area contributed by atoms with Crippen LogP contribution in [0.4, 0.5) is 13.2 Å². The Kier molecular flexibility index (Phi) is 8.47. The zero-order valence-electron chi connectivity index (χ0n) is 26.3. The Hall–Kier alpha value is -1.84. The van der Waals surface area contributed by atoms with E-state index < -0.39 is 27.0 Å². The van der Waals surface area contributed by atoms with Crippen LogP contribution in [0.3, 0.4) is 0 Å². The first-order valence-electron chi connectivity index (χ1n) is 15.7. The zero-order chi connectivity index (χ0) is 30.7. The third kappa shape index (κ3) is 5.94. The van der Waals surface area contributed by atoms with Crippen molar-refractivity contribution in [2.75, 3.05) is 19.8 Å². The molecule has 42 heavy (non-hydrogen) atoms. The summed E-state index contributed by atoms with van der Waals surface area (Å²) in [4.78, 5) is 24.0. The van der Waals surface area contributed by atoms with Gasteiger partial charge in [-0.15, -0.1) is 0 Å². The number of ketones is 1. The Morgan fingerprint density at radius 1 is 1.17 bits per heavy atom. The molecule has 1 fully saturated rings. The van der Waals surface area contributed by atoms with Crippen molar-refractivity contribution in [2.45, 2.75) is 122 Å². The van der Waals surface area contributed by atoms with E-state index in [0.717, 1.165) is 53.8 Å². The Labute approximate surface area is 249 Å². The van der Waals surface area contributed by atoms with E-state index in [9.17, 15) is 18.0 Å². The number of hydrogen-bond acceptors (Lipinski definition) is 5. The molecule has 5 nitrogen and oxygen atoms in total. The molecule has 5 rings (SSSR count). The topological polar surface area (TPSA) is 60.8 Å². The highest BCUT2D eigenvalue weighted by molar-refractivity contribution is 6.74. The summed E-state index contributed by atoms with van der Waals surface area (Å²) < 4.78 is 53.2. The summed E-state index contributed by atoms with van der Waals surface area (Å²) in [5, 5.41) is 0.00526. The van der Waals surface area contributed by atoms with Crippen LogP contribution in [-0.2, 0) is 15.6 Å². The standard InChI is InChI=1S/C33H47F3N2O3Si/c1-20(2)29-28(30(39)23-10-9-22(19-37-23)33(34,35)36)26(21-11-15-40-16-12-21)27-24(38-29)17-32(13-8-14-32)18-25(27)41-42(6,7)31(3,4)5/h11,20,22,25H,8-10,12-19H2,1-7H3. The SMILES string of the molecule is CC(C)c1nc2c(c(C3=CCOCC3)c1C(=O)C1=NCC(C(F)(F)F)CC1)C(O[Si](C)(C)C(C)(C)C)CC1(CCC1)C2. The maximum atomic E-state index is 14.4. The lowest BCUT2D eigenvalue weighted by atomic mass is 9.59. The summed E-state index contributed by atoms with van der Waals surface area (Å²) >= 11 is 0. The van der Waals surface area contributed by atoms with E-state index in [0.29, 0.717) is 25.2 Å². The first kappa shape index (κ1) is 31.6. The molecule has 1 spiro atoms. The van der Waals surface area contributed by atoms with Crippen molar-refractivity contribution < 1.29 is 27.1 Å². The zero-order valence-corrected chi connectivity index (χ0v) is 27.3. The van der Waals surface area contributed by atoms with E-state index in [-0.39, 0.29) is 46.8 Å². The van der Waals surface area contributed by atoms with Crippen LogP contribution in [0.25, 0.3) is 5.57 Å². The first-order chi connectivity index (χ1) is 19.5. The minimum absolute atomic E-state index is 0.00526. The van der Waals surface area contributed by atoms with Gasteiger partial charge in [-0.05, 0) is 85.5 Å². The smallest absolute Gasteiger partial charge is 0.393 e. The molecule has 0 amide bonds. The maximum Gasteiger partial charge on any atom is 0.393 e. The predicted molar refractivity (Wildman–Crippen MR) is 163 cm³/mol. The Balaban J connectivity index is 1.71. The molecule has 2 aliphatic heterocycles. The summed E-state index contributed by atoms with van der Waals surface area (Å²) in [7, 11) is -2.21. The number of aliphatic imine (C=N–C) groups is 1. The van der Waals surface area contributed by atoms with Crippen molar-refractivity contribution >= 4 is 25.4 Å². The van der Waals surface area contributed by atoms with Gasteiger partial charge in [0.05, 0.1) is 48.7 Å². The van der Waals surface area contributed by atoms with Crippen LogP contribution in [0.15, 0.2) is 11.1 Å². The average molecular weight is 605 g/mol. The molecule has 1 aromatic rings. The number of halogens is 3. The number of ether oxygens (including phenoxy) is 1. The first-order valence-corrected chi connectivity index (χ1v) is 18.6. The van der Waals surface area contributed by atoms with E-state index in [1.165, 1.54) is 6.42 Å². The molecule has 0 N–H and O–H groups in total. The Bertz CT molecular complexity index is 1290. The number of aromatic nitrogens is 1. The van der Waals surface area contributed by atoms with Gasteiger partial charge in [0.2, 0.25) is 5.78 Å². The number of carbonyl (C=O) groups is 1. The second-order valence-electron chi connectivity index (χ2n) is 14.8. The van der Waals surface area contributed by atoms with Gasteiger partial charge in [0.1, 0.15) is 0 Å². The molecule has 2 aliphatic carbocycles. The van der Waals surface area contributed by atoms with Crippen molar-refractivity contribution in [3.63, 3.8) is 0 Å². The summed E-state index contributed by atoms with van der Waals surface area (Å²) in [5.41, 5.74) is 5.69. The largest absolute Gasteiger partial charge is 0.410 e. The molecule has 1 aromatic heterocycles. The number of nitrogens with zero attached hydrogens (tertiary/aromatic N) is 2. The highest BCUT2D eigenvalue weighted by Gasteiger charge is 2.50. The quantitative estimate of drug-likeness (QED) is 0.241. The van der Waals surface area contributed by atoms with Crippen LogP contribution in [0.5, 0.6) is 0 Å². The van der Waals surface area contributed by atoms with Crippen LogP contribution in [0.2, 0.25) is 18.1 Å². The number of pyridine rings is 1. The van der Waals surface area contributed by atoms with Crippen LogP contribution >= 0.6 is 0 Å². The molecule has 9 heteroatoms. The second-order valence-corrected chi connectivity index (χ2v) is 19.6. The average Bonchev–Trinajstić information content (AvgIpc) is 2.89. The fourth-order valence-corrected chi connectivity index (χ4v) is 8.06. The van der Waals surface area contributed by atoms with Crippen molar-refractivity contribution in [3.8, 4) is 0 Å². The number of rotatable bonds is 6. The number of alkyl halides is 3. The number of carbonyl (C=O) groups excluding carboxylic acids is 1. The molecule has 1 saturated carbocycles. The van der Waals surface area contributed by atoms with Gasteiger partial charge in [-0.25, -0.2) is 0 Å². The fourth-order valence-electron chi connectivity index (χ4n) is 6.80. The van der Waals surface area contributed by atoms with E-state index in [1.807, 2.05) is 13.8 Å². The lowest BCUT2D eigenvalue weighted by molar-refractivity contribution is -0.173. The molecule has 232 valence electrons. The van der Waals surface area contributed by atoms with Gasteiger partial charge in [0, 0.05) is 11.3 Å². The lowest BCUT2D eigenvalue weighted by Gasteiger charge is -2.51. The van der Waals surface area contributed by atoms with Crippen molar-refractivity contribution in [1.82, 2.24) is 4.98 Å². The molecule has 2 unspecified atom stereocenters. The number of Topliss-reactive ketones (excluding diaryl/α,β-unsaturated/α-hetero) is 1. The van der Waals surface area contributed by atoms with E-state index in [2.05, 4.69) is 44.9 Å². The summed E-state index contributed by atoms with van der Waals surface area (Å²) in [6.45, 7) is 16.0.